The molecule has 4 aromatic carbocycles. The van der Waals surface area contributed by atoms with Crippen molar-refractivity contribution in [3.63, 3.8) is 0 Å². The normalized spacial score (nSPS) is 15.9. The summed E-state index contributed by atoms with van der Waals surface area (Å²) in [4.78, 5) is 28.1. The van der Waals surface area contributed by atoms with Gasteiger partial charge in [-0.05, 0) is 77.7 Å². The van der Waals surface area contributed by atoms with Crippen LogP contribution in [-0.4, -0.2) is 27.0 Å². The maximum absolute atomic E-state index is 13.9. The summed E-state index contributed by atoms with van der Waals surface area (Å²) in [5.41, 5.74) is 3.57. The van der Waals surface area contributed by atoms with Crippen LogP contribution in [0.1, 0.15) is 33.9 Å². The molecular weight excluding hydrogens is 617 g/mol. The smallest absolute Gasteiger partial charge is 0.301 e. The number of ketones is 1. The van der Waals surface area contributed by atoms with Crippen LogP contribution in [0.2, 0.25) is 0 Å². The number of aryl methyl sites for hydroxylation is 1. The number of hydrogen-bond acceptors (Lipinski definition) is 8. The van der Waals surface area contributed by atoms with E-state index in [2.05, 4.69) is 10.2 Å². The van der Waals surface area contributed by atoms with Gasteiger partial charge < -0.3 is 9.84 Å². The fraction of sp³-hybridized carbons (Fsp3) is 0.118. The fourth-order valence-corrected chi connectivity index (χ4v) is 6.70. The highest BCUT2D eigenvalue weighted by Crippen LogP contribution is 2.44. The van der Waals surface area contributed by atoms with Gasteiger partial charge in [-0.1, -0.05) is 71.6 Å². The van der Waals surface area contributed by atoms with Crippen molar-refractivity contribution in [2.75, 3.05) is 4.90 Å². The number of hydrogen-bond donors (Lipinski definition) is 1. The summed E-state index contributed by atoms with van der Waals surface area (Å²) >= 11 is 2.45. The molecule has 11 heteroatoms. The highest BCUT2D eigenvalue weighted by molar-refractivity contribution is 8.00. The largest absolute Gasteiger partial charge is 0.507 e. The van der Waals surface area contributed by atoms with Crippen molar-refractivity contribution < 1.29 is 28.2 Å². The summed E-state index contributed by atoms with van der Waals surface area (Å²) in [5.74, 6) is -1.96. The Kier molecular flexibility index (Phi) is 8.72. The quantitative estimate of drug-likeness (QED) is 0.0582. The molecular formula is C34H25F2N3O4S2. The number of aliphatic hydroxyl groups excluding tert-OH is 1. The van der Waals surface area contributed by atoms with Gasteiger partial charge in [0.25, 0.3) is 5.78 Å². The van der Waals surface area contributed by atoms with E-state index < -0.39 is 23.5 Å². The van der Waals surface area contributed by atoms with Gasteiger partial charge in [0.05, 0.1) is 11.6 Å². The van der Waals surface area contributed by atoms with E-state index in [1.54, 1.807) is 36.4 Å². The molecule has 1 aromatic heterocycles. The molecule has 1 amide bonds. The van der Waals surface area contributed by atoms with Crippen molar-refractivity contribution in [2.24, 2.45) is 0 Å². The molecule has 0 bridgehead atoms. The fourth-order valence-electron chi connectivity index (χ4n) is 4.87. The Balaban J connectivity index is 1.29. The van der Waals surface area contributed by atoms with E-state index in [4.69, 9.17) is 4.74 Å². The number of carbonyl (C=O) groups is 2. The summed E-state index contributed by atoms with van der Waals surface area (Å²) in [6, 6.07) is 24.8. The first-order valence-corrected chi connectivity index (χ1v) is 15.6. The minimum atomic E-state index is -1.08. The van der Waals surface area contributed by atoms with Gasteiger partial charge in [0.2, 0.25) is 5.13 Å². The second kappa shape index (κ2) is 13.0. The van der Waals surface area contributed by atoms with Gasteiger partial charge in [0.15, 0.2) is 4.34 Å². The Morgan fingerprint density at radius 3 is 2.27 bits per heavy atom. The molecule has 6 rings (SSSR count). The lowest BCUT2D eigenvalue weighted by Crippen LogP contribution is -2.29. The lowest BCUT2D eigenvalue weighted by molar-refractivity contribution is -0.132. The lowest BCUT2D eigenvalue weighted by Gasteiger charge is -2.22. The monoisotopic (exact) mass is 641 g/mol. The first-order valence-electron chi connectivity index (χ1n) is 13.8. The molecule has 0 aliphatic carbocycles. The van der Waals surface area contributed by atoms with Crippen LogP contribution in [0, 0.1) is 18.6 Å². The van der Waals surface area contributed by atoms with Crippen molar-refractivity contribution in [2.45, 2.75) is 29.7 Å². The van der Waals surface area contributed by atoms with Crippen LogP contribution in [0.15, 0.2) is 107 Å². The molecule has 0 spiro atoms. The van der Waals surface area contributed by atoms with Crippen molar-refractivity contribution in [3.05, 3.63) is 142 Å². The predicted octanol–water partition coefficient (Wildman–Crippen LogP) is 7.62. The van der Waals surface area contributed by atoms with Crippen LogP contribution in [-0.2, 0) is 21.9 Å². The number of thioether (sulfide) groups is 1. The van der Waals surface area contributed by atoms with Gasteiger partial charge in [-0.25, -0.2) is 8.78 Å². The standard InChI is InChI=1S/C34H25F2N3O4S2/c1-20-4-2-3-5-24(20)18-43-27-16-10-23(11-17-27)30(40)28-29(22-8-14-26(36)15-9-22)39(32(42)31(28)41)33-37-38-34(45-33)44-19-21-6-12-25(35)13-7-21/h2-17,29,40H,18-19H2,1H3. The molecule has 1 fully saturated rings. The number of ether oxygens (including phenoxy) is 1. The molecule has 45 heavy (non-hydrogen) atoms. The number of anilines is 1. The molecule has 2 heterocycles. The van der Waals surface area contributed by atoms with E-state index in [1.165, 1.54) is 53.1 Å². The number of carbonyl (C=O) groups excluding carboxylic acids is 2. The molecule has 1 aliphatic heterocycles. The molecule has 5 aromatic rings. The Labute approximate surface area is 265 Å². The zero-order chi connectivity index (χ0) is 31.5. The molecule has 7 nitrogen and oxygen atoms in total. The predicted molar refractivity (Wildman–Crippen MR) is 169 cm³/mol. The maximum atomic E-state index is 13.9. The van der Waals surface area contributed by atoms with Crippen molar-refractivity contribution in [1.82, 2.24) is 10.2 Å². The number of amides is 1. The van der Waals surface area contributed by atoms with Gasteiger partial charge >= 0.3 is 5.91 Å². The van der Waals surface area contributed by atoms with Crippen molar-refractivity contribution in [1.29, 1.82) is 0 Å². The zero-order valence-corrected chi connectivity index (χ0v) is 25.4. The summed E-state index contributed by atoms with van der Waals surface area (Å²) in [6.07, 6.45) is 0. The Bertz CT molecular complexity index is 1890. The highest BCUT2D eigenvalue weighted by atomic mass is 32.2. The van der Waals surface area contributed by atoms with E-state index in [9.17, 15) is 23.5 Å². The third-order valence-corrected chi connectivity index (χ3v) is 9.42. The highest BCUT2D eigenvalue weighted by Gasteiger charge is 2.48. The molecule has 1 saturated heterocycles. The number of aromatic nitrogens is 2. The molecule has 226 valence electrons. The first-order chi connectivity index (χ1) is 21.8. The molecule has 0 saturated carbocycles. The van der Waals surface area contributed by atoms with Crippen LogP contribution < -0.4 is 9.64 Å². The maximum Gasteiger partial charge on any atom is 0.301 e. The Morgan fingerprint density at radius 1 is 0.911 bits per heavy atom. The number of nitrogens with zero attached hydrogens (tertiary/aromatic N) is 3. The van der Waals surface area contributed by atoms with E-state index >= 15 is 0 Å². The molecule has 1 unspecified atom stereocenters. The second-order valence-electron chi connectivity index (χ2n) is 10.2. The first kappa shape index (κ1) is 30.2. The summed E-state index contributed by atoms with van der Waals surface area (Å²) in [7, 11) is 0. The van der Waals surface area contributed by atoms with Crippen molar-refractivity contribution >= 4 is 45.7 Å². The van der Waals surface area contributed by atoms with E-state index in [0.717, 1.165) is 28.0 Å². The zero-order valence-electron chi connectivity index (χ0n) is 23.8. The van der Waals surface area contributed by atoms with Crippen LogP contribution >= 0.6 is 23.1 Å². The summed E-state index contributed by atoms with van der Waals surface area (Å²) in [5, 5.41) is 19.9. The SMILES string of the molecule is Cc1ccccc1COc1ccc(C(O)=C2C(=O)C(=O)N(c3nnc(SCc4ccc(F)cc4)s3)C2c2ccc(F)cc2)cc1. The third-order valence-electron chi connectivity index (χ3n) is 7.29. The number of benzene rings is 4. The van der Waals surface area contributed by atoms with Crippen LogP contribution in [0.4, 0.5) is 13.9 Å². The van der Waals surface area contributed by atoms with Crippen LogP contribution in [0.5, 0.6) is 5.75 Å². The van der Waals surface area contributed by atoms with E-state index in [0.29, 0.717) is 33.6 Å². The van der Waals surface area contributed by atoms with Gasteiger partial charge in [-0.15, -0.1) is 10.2 Å². The Morgan fingerprint density at radius 2 is 1.58 bits per heavy atom. The molecule has 1 atom stereocenters. The number of Topliss-reactive ketones (excluding diaryl/α,β-unsaturated/α-hetero) is 1. The number of rotatable bonds is 9. The minimum Gasteiger partial charge on any atom is -0.507 e. The summed E-state index contributed by atoms with van der Waals surface area (Å²) in [6.45, 7) is 2.36. The second-order valence-corrected chi connectivity index (χ2v) is 12.4. The third kappa shape index (κ3) is 6.50. The van der Waals surface area contributed by atoms with E-state index in [1.807, 2.05) is 31.2 Å². The van der Waals surface area contributed by atoms with Crippen LogP contribution in [0.25, 0.3) is 5.76 Å². The number of aliphatic hydroxyl groups is 1. The van der Waals surface area contributed by atoms with Gasteiger partial charge in [-0.3, -0.25) is 14.5 Å². The topological polar surface area (TPSA) is 92.6 Å². The molecule has 1 aliphatic rings. The summed E-state index contributed by atoms with van der Waals surface area (Å²) < 4.78 is 33.6. The van der Waals surface area contributed by atoms with E-state index in [-0.39, 0.29) is 22.3 Å². The average Bonchev–Trinajstić information content (AvgIpc) is 3.62. The van der Waals surface area contributed by atoms with Gasteiger partial charge in [-0.2, -0.15) is 0 Å². The van der Waals surface area contributed by atoms with Gasteiger partial charge in [0.1, 0.15) is 29.8 Å². The average molecular weight is 642 g/mol. The van der Waals surface area contributed by atoms with Gasteiger partial charge in [0, 0.05) is 11.3 Å². The molecule has 0 radical (unpaired) electrons. The number of halogens is 2. The van der Waals surface area contributed by atoms with Crippen LogP contribution in [0.3, 0.4) is 0 Å². The Hall–Kier alpha value is -4.87. The lowest BCUT2D eigenvalue weighted by atomic mass is 9.95. The minimum absolute atomic E-state index is 0.145. The molecule has 1 N–H and O–H groups in total. The van der Waals surface area contributed by atoms with Crippen molar-refractivity contribution in [3.8, 4) is 5.75 Å².